The van der Waals surface area contributed by atoms with E-state index in [9.17, 15) is 9.59 Å². The van der Waals surface area contributed by atoms with Crippen molar-refractivity contribution < 1.29 is 23.8 Å². The molecule has 21 heavy (non-hydrogen) atoms. The predicted octanol–water partition coefficient (Wildman–Crippen LogP) is 2.04. The molecule has 1 fully saturated rings. The minimum absolute atomic E-state index is 0.0548. The Bertz CT molecular complexity index is 518. The second-order valence-corrected chi connectivity index (χ2v) is 5.35. The summed E-state index contributed by atoms with van der Waals surface area (Å²) in [4.78, 5) is 24.7. The molecular weight excluding hydrogens is 274 g/mol. The molecule has 1 amide bonds. The van der Waals surface area contributed by atoms with Crippen molar-refractivity contribution >= 4 is 11.9 Å². The zero-order valence-electron chi connectivity index (χ0n) is 12.4. The quantitative estimate of drug-likeness (QED) is 0.742. The average Bonchev–Trinajstić information content (AvgIpc) is 3.18. The number of aryl methyl sites for hydroxylation is 1. The standard InChI is InChI=1S/C15H21NO5/c1-3-12-11(15(18)19)8-13(21-12)14(17)16(2)6-7-20-9-10-4-5-10/h8,10H,3-7,9H2,1-2H3,(H,18,19). The molecule has 0 saturated heterocycles. The third kappa shape index (κ3) is 4.07. The lowest BCUT2D eigenvalue weighted by atomic mass is 10.2. The number of amides is 1. The van der Waals surface area contributed by atoms with E-state index >= 15 is 0 Å². The van der Waals surface area contributed by atoms with Crippen molar-refractivity contribution in [3.8, 4) is 0 Å². The maximum Gasteiger partial charge on any atom is 0.339 e. The summed E-state index contributed by atoms with van der Waals surface area (Å²) in [7, 11) is 1.65. The van der Waals surface area contributed by atoms with Gasteiger partial charge in [-0.1, -0.05) is 6.92 Å². The SMILES string of the molecule is CCc1oc(C(=O)N(C)CCOCC2CC2)cc1C(=O)O. The first-order valence-electron chi connectivity index (χ1n) is 7.22. The molecule has 0 spiro atoms. The van der Waals surface area contributed by atoms with Gasteiger partial charge in [0, 0.05) is 32.7 Å². The van der Waals surface area contributed by atoms with Crippen LogP contribution in [0.15, 0.2) is 10.5 Å². The van der Waals surface area contributed by atoms with Crippen LogP contribution in [0, 0.1) is 5.92 Å². The molecule has 2 rings (SSSR count). The molecule has 1 aromatic rings. The van der Waals surface area contributed by atoms with Gasteiger partial charge >= 0.3 is 5.97 Å². The summed E-state index contributed by atoms with van der Waals surface area (Å²) in [6.45, 7) is 3.48. The fraction of sp³-hybridized carbons (Fsp3) is 0.600. The number of carbonyl (C=O) groups excluding carboxylic acids is 1. The topological polar surface area (TPSA) is 80.0 Å². The van der Waals surface area contributed by atoms with E-state index in [1.165, 1.54) is 23.8 Å². The molecule has 1 aliphatic carbocycles. The first kappa shape index (κ1) is 15.6. The molecule has 6 nitrogen and oxygen atoms in total. The second-order valence-electron chi connectivity index (χ2n) is 5.35. The molecule has 0 aromatic carbocycles. The Morgan fingerprint density at radius 2 is 2.19 bits per heavy atom. The van der Waals surface area contributed by atoms with E-state index in [0.29, 0.717) is 31.3 Å². The smallest absolute Gasteiger partial charge is 0.339 e. The Balaban J connectivity index is 1.89. The van der Waals surface area contributed by atoms with Crippen LogP contribution in [0.25, 0.3) is 0 Å². The van der Waals surface area contributed by atoms with Crippen molar-refractivity contribution in [1.29, 1.82) is 0 Å². The van der Waals surface area contributed by atoms with Crippen LogP contribution in [0.3, 0.4) is 0 Å². The third-order valence-electron chi connectivity index (χ3n) is 3.54. The zero-order valence-corrected chi connectivity index (χ0v) is 12.4. The summed E-state index contributed by atoms with van der Waals surface area (Å²) >= 11 is 0. The van der Waals surface area contributed by atoms with E-state index in [-0.39, 0.29) is 17.2 Å². The minimum atomic E-state index is -1.08. The molecule has 1 N–H and O–H groups in total. The van der Waals surface area contributed by atoms with Crippen molar-refractivity contribution in [2.75, 3.05) is 26.8 Å². The van der Waals surface area contributed by atoms with Gasteiger partial charge in [0.25, 0.3) is 5.91 Å². The lowest BCUT2D eigenvalue weighted by Crippen LogP contribution is -2.30. The molecular formula is C15H21NO5. The molecule has 1 heterocycles. The maximum absolute atomic E-state index is 12.2. The molecule has 0 atom stereocenters. The first-order chi connectivity index (χ1) is 10.0. The van der Waals surface area contributed by atoms with Crippen LogP contribution < -0.4 is 0 Å². The van der Waals surface area contributed by atoms with Crippen molar-refractivity contribution in [2.24, 2.45) is 5.92 Å². The van der Waals surface area contributed by atoms with E-state index in [1.54, 1.807) is 14.0 Å². The van der Waals surface area contributed by atoms with Gasteiger partial charge in [0.2, 0.25) is 0 Å². The molecule has 0 unspecified atom stereocenters. The number of hydrogen-bond donors (Lipinski definition) is 1. The van der Waals surface area contributed by atoms with E-state index in [0.717, 1.165) is 6.61 Å². The van der Waals surface area contributed by atoms with Gasteiger partial charge in [-0.15, -0.1) is 0 Å². The van der Waals surface area contributed by atoms with Gasteiger partial charge in [-0.05, 0) is 18.8 Å². The highest BCUT2D eigenvalue weighted by Crippen LogP contribution is 2.28. The molecule has 1 aromatic heterocycles. The molecule has 0 aliphatic heterocycles. The van der Waals surface area contributed by atoms with E-state index in [2.05, 4.69) is 0 Å². The van der Waals surface area contributed by atoms with Gasteiger partial charge in [-0.25, -0.2) is 4.79 Å². The highest BCUT2D eigenvalue weighted by molar-refractivity contribution is 5.96. The number of aromatic carboxylic acids is 1. The molecule has 1 aliphatic rings. The van der Waals surface area contributed by atoms with Crippen LogP contribution in [0.5, 0.6) is 0 Å². The van der Waals surface area contributed by atoms with Gasteiger partial charge in [0.05, 0.1) is 6.61 Å². The van der Waals surface area contributed by atoms with Crippen molar-refractivity contribution in [3.05, 3.63) is 23.2 Å². The summed E-state index contributed by atoms with van der Waals surface area (Å²) < 4.78 is 10.8. The Labute approximate surface area is 123 Å². The summed E-state index contributed by atoms with van der Waals surface area (Å²) in [5.41, 5.74) is 0.0548. The minimum Gasteiger partial charge on any atom is -0.478 e. The monoisotopic (exact) mass is 295 g/mol. The summed E-state index contributed by atoms with van der Waals surface area (Å²) in [5.74, 6) is -0.322. The molecule has 6 heteroatoms. The Hall–Kier alpha value is -1.82. The van der Waals surface area contributed by atoms with Crippen LogP contribution in [0.1, 0.15) is 46.4 Å². The highest BCUT2D eigenvalue weighted by Gasteiger charge is 2.23. The van der Waals surface area contributed by atoms with E-state index in [1.807, 2.05) is 0 Å². The van der Waals surface area contributed by atoms with Gasteiger partial charge in [0.1, 0.15) is 11.3 Å². The number of nitrogens with zero attached hydrogens (tertiary/aromatic N) is 1. The Morgan fingerprint density at radius 3 is 2.71 bits per heavy atom. The van der Waals surface area contributed by atoms with Gasteiger partial charge in [-0.3, -0.25) is 4.79 Å². The fourth-order valence-corrected chi connectivity index (χ4v) is 2.00. The Morgan fingerprint density at radius 1 is 1.48 bits per heavy atom. The number of rotatable bonds is 8. The highest BCUT2D eigenvalue weighted by atomic mass is 16.5. The largest absolute Gasteiger partial charge is 0.478 e. The first-order valence-corrected chi connectivity index (χ1v) is 7.22. The average molecular weight is 295 g/mol. The van der Waals surface area contributed by atoms with E-state index < -0.39 is 5.97 Å². The lowest BCUT2D eigenvalue weighted by molar-refractivity contribution is 0.0651. The van der Waals surface area contributed by atoms with Gasteiger partial charge < -0.3 is 19.2 Å². The number of ether oxygens (including phenoxy) is 1. The van der Waals surface area contributed by atoms with Crippen molar-refractivity contribution in [1.82, 2.24) is 4.90 Å². The third-order valence-corrected chi connectivity index (χ3v) is 3.54. The van der Waals surface area contributed by atoms with Crippen molar-refractivity contribution in [2.45, 2.75) is 26.2 Å². The molecule has 0 bridgehead atoms. The molecule has 1 saturated carbocycles. The van der Waals surface area contributed by atoms with Crippen LogP contribution in [-0.4, -0.2) is 48.7 Å². The number of furan rings is 1. The molecule has 116 valence electrons. The summed E-state index contributed by atoms with van der Waals surface area (Å²) in [6, 6.07) is 1.30. The number of carboxylic acids is 1. The van der Waals surface area contributed by atoms with Crippen molar-refractivity contribution in [3.63, 3.8) is 0 Å². The normalized spacial score (nSPS) is 14.2. The number of hydrogen-bond acceptors (Lipinski definition) is 4. The number of likely N-dealkylation sites (N-methyl/N-ethyl adjacent to an activating group) is 1. The number of carbonyl (C=O) groups is 2. The maximum atomic E-state index is 12.2. The van der Waals surface area contributed by atoms with Crippen LogP contribution in [0.4, 0.5) is 0 Å². The molecule has 0 radical (unpaired) electrons. The summed E-state index contributed by atoms with van der Waals surface area (Å²) in [6.07, 6.45) is 2.90. The van der Waals surface area contributed by atoms with Crippen LogP contribution in [-0.2, 0) is 11.2 Å². The Kier molecular flexibility index (Phi) is 5.01. The van der Waals surface area contributed by atoms with E-state index in [4.69, 9.17) is 14.3 Å². The zero-order chi connectivity index (χ0) is 15.4. The number of carboxylic acid groups (broad SMARTS) is 1. The van der Waals surface area contributed by atoms with Crippen LogP contribution >= 0.6 is 0 Å². The van der Waals surface area contributed by atoms with Gasteiger partial charge in [-0.2, -0.15) is 0 Å². The fourth-order valence-electron chi connectivity index (χ4n) is 2.00. The predicted molar refractivity (Wildman–Crippen MR) is 75.5 cm³/mol. The summed E-state index contributed by atoms with van der Waals surface area (Å²) in [5, 5.41) is 9.06. The lowest BCUT2D eigenvalue weighted by Gasteiger charge is -2.15. The second kappa shape index (κ2) is 6.76. The van der Waals surface area contributed by atoms with Gasteiger partial charge in [0.15, 0.2) is 5.76 Å². The van der Waals surface area contributed by atoms with Crippen LogP contribution in [0.2, 0.25) is 0 Å².